The Bertz CT molecular complexity index is 408. The molecule has 0 aliphatic heterocycles. The standard InChI is InChI=1S/C10H12F2N2O2/c1-5(15)4-14-10(16)7-2-6(11)3-8(13)9(7)12/h2-3,5,15H,4,13H2,1H3,(H,14,16)/t5-/m1/s1. The number of amides is 1. The van der Waals surface area contributed by atoms with Gasteiger partial charge in [-0.3, -0.25) is 4.79 Å². The zero-order valence-corrected chi connectivity index (χ0v) is 8.63. The number of nitrogen functional groups attached to an aromatic ring is 1. The Morgan fingerprint density at radius 1 is 1.56 bits per heavy atom. The van der Waals surface area contributed by atoms with Gasteiger partial charge < -0.3 is 16.2 Å². The molecule has 4 N–H and O–H groups in total. The van der Waals surface area contributed by atoms with Gasteiger partial charge in [0, 0.05) is 6.54 Å². The lowest BCUT2D eigenvalue weighted by Crippen LogP contribution is -2.31. The average molecular weight is 230 g/mol. The summed E-state index contributed by atoms with van der Waals surface area (Å²) in [6.07, 6.45) is -0.766. The molecule has 0 aliphatic carbocycles. The number of halogens is 2. The summed E-state index contributed by atoms with van der Waals surface area (Å²) in [5.41, 5.74) is 4.27. The molecule has 0 aliphatic rings. The number of carbonyl (C=O) groups excluding carboxylic acids is 1. The van der Waals surface area contributed by atoms with E-state index in [1.807, 2.05) is 0 Å². The van der Waals surface area contributed by atoms with Crippen molar-refractivity contribution < 1.29 is 18.7 Å². The van der Waals surface area contributed by atoms with Crippen molar-refractivity contribution in [3.63, 3.8) is 0 Å². The van der Waals surface area contributed by atoms with Crippen molar-refractivity contribution in [3.8, 4) is 0 Å². The van der Waals surface area contributed by atoms with Crippen LogP contribution in [0.1, 0.15) is 17.3 Å². The molecular formula is C10H12F2N2O2. The Morgan fingerprint density at radius 3 is 2.75 bits per heavy atom. The molecule has 6 heteroatoms. The summed E-state index contributed by atoms with van der Waals surface area (Å²) in [5.74, 6) is -2.57. The maximum Gasteiger partial charge on any atom is 0.254 e. The van der Waals surface area contributed by atoms with Crippen molar-refractivity contribution in [3.05, 3.63) is 29.3 Å². The first-order valence-electron chi connectivity index (χ1n) is 4.62. The van der Waals surface area contributed by atoms with E-state index in [-0.39, 0.29) is 6.54 Å². The van der Waals surface area contributed by atoms with Gasteiger partial charge in [-0.25, -0.2) is 8.78 Å². The summed E-state index contributed by atoms with van der Waals surface area (Å²) < 4.78 is 26.2. The molecule has 1 rings (SSSR count). The fourth-order valence-corrected chi connectivity index (χ4v) is 1.11. The molecular weight excluding hydrogens is 218 g/mol. The van der Waals surface area contributed by atoms with Crippen LogP contribution in [0.5, 0.6) is 0 Å². The number of rotatable bonds is 3. The summed E-state index contributed by atoms with van der Waals surface area (Å²) in [4.78, 5) is 11.4. The van der Waals surface area contributed by atoms with Gasteiger partial charge in [0.25, 0.3) is 5.91 Å². The van der Waals surface area contributed by atoms with E-state index in [4.69, 9.17) is 10.8 Å². The SMILES string of the molecule is C[C@@H](O)CNC(=O)c1cc(F)cc(N)c1F. The zero-order chi connectivity index (χ0) is 12.3. The van der Waals surface area contributed by atoms with E-state index >= 15 is 0 Å². The molecule has 0 bridgehead atoms. The van der Waals surface area contributed by atoms with Crippen molar-refractivity contribution in [2.75, 3.05) is 12.3 Å². The van der Waals surface area contributed by atoms with Crippen molar-refractivity contribution in [2.24, 2.45) is 0 Å². The minimum absolute atomic E-state index is 0.0469. The Morgan fingerprint density at radius 2 is 2.19 bits per heavy atom. The van der Waals surface area contributed by atoms with Gasteiger partial charge in [-0.2, -0.15) is 0 Å². The number of benzene rings is 1. The molecule has 1 atom stereocenters. The summed E-state index contributed by atoms with van der Waals surface area (Å²) in [7, 11) is 0. The predicted molar refractivity (Wildman–Crippen MR) is 54.8 cm³/mol. The Labute approximate surface area is 91.1 Å². The van der Waals surface area contributed by atoms with Gasteiger partial charge in [0.05, 0.1) is 17.4 Å². The minimum atomic E-state index is -0.968. The van der Waals surface area contributed by atoms with Crippen LogP contribution in [0.2, 0.25) is 0 Å². The first-order chi connectivity index (χ1) is 7.41. The van der Waals surface area contributed by atoms with Crippen molar-refractivity contribution >= 4 is 11.6 Å². The molecule has 0 unspecified atom stereocenters. The van der Waals surface area contributed by atoms with Crippen LogP contribution in [-0.4, -0.2) is 23.7 Å². The topological polar surface area (TPSA) is 75.3 Å². The van der Waals surface area contributed by atoms with E-state index in [1.165, 1.54) is 6.92 Å². The van der Waals surface area contributed by atoms with Gasteiger partial charge in [0.15, 0.2) is 5.82 Å². The highest BCUT2D eigenvalue weighted by molar-refractivity contribution is 5.95. The molecule has 0 saturated heterocycles. The molecule has 4 nitrogen and oxygen atoms in total. The van der Waals surface area contributed by atoms with Gasteiger partial charge in [0.2, 0.25) is 0 Å². The maximum atomic E-state index is 13.3. The van der Waals surface area contributed by atoms with Gasteiger partial charge in [-0.15, -0.1) is 0 Å². The minimum Gasteiger partial charge on any atom is -0.396 e. The third-order valence-electron chi connectivity index (χ3n) is 1.87. The molecule has 16 heavy (non-hydrogen) atoms. The largest absolute Gasteiger partial charge is 0.396 e. The lowest BCUT2D eigenvalue weighted by molar-refractivity contribution is 0.0919. The summed E-state index contributed by atoms with van der Waals surface area (Å²) in [6.45, 7) is 1.41. The Balaban J connectivity index is 2.91. The van der Waals surface area contributed by atoms with Crippen LogP contribution in [0.4, 0.5) is 14.5 Å². The second-order valence-corrected chi connectivity index (χ2v) is 3.42. The summed E-state index contributed by atoms with van der Waals surface area (Å²) >= 11 is 0. The average Bonchev–Trinajstić information content (AvgIpc) is 2.19. The molecule has 0 spiro atoms. The van der Waals surface area contributed by atoms with Crippen LogP contribution in [0.3, 0.4) is 0 Å². The molecule has 1 amide bonds. The predicted octanol–water partition coefficient (Wildman–Crippen LogP) is 0.658. The van der Waals surface area contributed by atoms with Crippen LogP contribution in [-0.2, 0) is 0 Å². The lowest BCUT2D eigenvalue weighted by atomic mass is 10.1. The first kappa shape index (κ1) is 12.4. The van der Waals surface area contributed by atoms with Crippen LogP contribution < -0.4 is 11.1 Å². The third kappa shape index (κ3) is 2.90. The fourth-order valence-electron chi connectivity index (χ4n) is 1.11. The van der Waals surface area contributed by atoms with Crippen LogP contribution in [0.15, 0.2) is 12.1 Å². The van der Waals surface area contributed by atoms with E-state index in [1.54, 1.807) is 0 Å². The molecule has 0 heterocycles. The number of hydrogen-bond donors (Lipinski definition) is 3. The smallest absolute Gasteiger partial charge is 0.254 e. The van der Waals surface area contributed by atoms with Crippen molar-refractivity contribution in [2.45, 2.75) is 13.0 Å². The molecule has 0 radical (unpaired) electrons. The molecule has 88 valence electrons. The number of nitrogens with two attached hydrogens (primary N) is 1. The van der Waals surface area contributed by atoms with Gasteiger partial charge in [-0.1, -0.05) is 0 Å². The van der Waals surface area contributed by atoms with Crippen molar-refractivity contribution in [1.29, 1.82) is 0 Å². The maximum absolute atomic E-state index is 13.3. The summed E-state index contributed by atoms with van der Waals surface area (Å²) in [6, 6.07) is 1.55. The summed E-state index contributed by atoms with van der Waals surface area (Å²) in [5, 5.41) is 11.2. The molecule has 0 saturated carbocycles. The third-order valence-corrected chi connectivity index (χ3v) is 1.87. The number of hydrogen-bond acceptors (Lipinski definition) is 3. The van der Waals surface area contributed by atoms with Crippen LogP contribution >= 0.6 is 0 Å². The van der Waals surface area contributed by atoms with E-state index in [9.17, 15) is 13.6 Å². The quantitative estimate of drug-likeness (QED) is 0.667. The van der Waals surface area contributed by atoms with Gasteiger partial charge in [-0.05, 0) is 19.1 Å². The van der Waals surface area contributed by atoms with Gasteiger partial charge >= 0.3 is 0 Å². The monoisotopic (exact) mass is 230 g/mol. The van der Waals surface area contributed by atoms with Crippen LogP contribution in [0, 0.1) is 11.6 Å². The number of carbonyl (C=O) groups is 1. The molecule has 1 aromatic carbocycles. The van der Waals surface area contributed by atoms with Crippen molar-refractivity contribution in [1.82, 2.24) is 5.32 Å². The zero-order valence-electron chi connectivity index (χ0n) is 8.63. The number of nitrogens with one attached hydrogen (secondary N) is 1. The fraction of sp³-hybridized carbons (Fsp3) is 0.300. The van der Waals surface area contributed by atoms with Crippen LogP contribution in [0.25, 0.3) is 0 Å². The van der Waals surface area contributed by atoms with E-state index in [0.717, 1.165) is 12.1 Å². The highest BCUT2D eigenvalue weighted by atomic mass is 19.1. The van der Waals surface area contributed by atoms with E-state index in [0.29, 0.717) is 0 Å². The number of anilines is 1. The normalized spacial score (nSPS) is 12.2. The highest BCUT2D eigenvalue weighted by Crippen LogP contribution is 2.17. The lowest BCUT2D eigenvalue weighted by Gasteiger charge is -2.08. The molecule has 0 aromatic heterocycles. The molecule has 0 fully saturated rings. The van der Waals surface area contributed by atoms with Gasteiger partial charge in [0.1, 0.15) is 5.82 Å². The second kappa shape index (κ2) is 4.89. The van der Waals surface area contributed by atoms with E-state index in [2.05, 4.69) is 5.32 Å². The second-order valence-electron chi connectivity index (χ2n) is 3.42. The Hall–Kier alpha value is -1.69. The highest BCUT2D eigenvalue weighted by Gasteiger charge is 2.16. The number of aliphatic hydroxyl groups excluding tert-OH is 1. The molecule has 1 aromatic rings. The number of aliphatic hydroxyl groups is 1. The Kier molecular flexibility index (Phi) is 3.78. The first-order valence-corrected chi connectivity index (χ1v) is 4.62. The van der Waals surface area contributed by atoms with E-state index < -0.39 is 34.9 Å².